The zero-order chi connectivity index (χ0) is 24.9. The topological polar surface area (TPSA) is 81.5 Å². The summed E-state index contributed by atoms with van der Waals surface area (Å²) >= 11 is 0. The van der Waals surface area contributed by atoms with Gasteiger partial charge in [-0.3, -0.25) is 0 Å². The fourth-order valence-electron chi connectivity index (χ4n) is 5.35. The second kappa shape index (κ2) is 8.95. The maximum absolute atomic E-state index is 15.1. The summed E-state index contributed by atoms with van der Waals surface area (Å²) in [6.07, 6.45) is 3.23. The second-order valence-electron chi connectivity index (χ2n) is 9.55. The molecule has 35 heavy (non-hydrogen) atoms. The molecule has 1 fully saturated rings. The van der Waals surface area contributed by atoms with Gasteiger partial charge in [0.25, 0.3) is 5.92 Å². The number of alkyl halides is 2. The van der Waals surface area contributed by atoms with Crippen LogP contribution in [-0.2, 0) is 18.8 Å². The van der Waals surface area contributed by atoms with Crippen molar-refractivity contribution in [1.82, 2.24) is 9.97 Å². The Balaban J connectivity index is 1.58. The number of β-amino-alcohol motifs (C(OH)–C–C–N with tert-alkyl or cyclic N) is 1. The number of halogens is 3. The van der Waals surface area contributed by atoms with Gasteiger partial charge in [-0.05, 0) is 62.8 Å². The van der Waals surface area contributed by atoms with E-state index < -0.39 is 30.0 Å². The van der Waals surface area contributed by atoms with Crippen LogP contribution in [0.4, 0.5) is 24.7 Å². The quantitative estimate of drug-likeness (QED) is 0.480. The first kappa shape index (κ1) is 23.8. The molecule has 186 valence electrons. The number of hydrogen-bond acceptors (Lipinski definition) is 6. The molecule has 0 unspecified atom stereocenters. The van der Waals surface area contributed by atoms with Crippen LogP contribution in [0.2, 0.25) is 0 Å². The summed E-state index contributed by atoms with van der Waals surface area (Å²) in [6.45, 7) is 3.35. The molecule has 2 heterocycles. The van der Waals surface area contributed by atoms with Gasteiger partial charge in [0.2, 0.25) is 0 Å². The van der Waals surface area contributed by atoms with Gasteiger partial charge in [-0.15, -0.1) is 0 Å². The van der Waals surface area contributed by atoms with Gasteiger partial charge >= 0.3 is 0 Å². The third-order valence-electron chi connectivity index (χ3n) is 7.10. The lowest BCUT2D eigenvalue weighted by atomic mass is 9.99. The molecule has 1 aliphatic carbocycles. The van der Waals surface area contributed by atoms with E-state index >= 15 is 4.39 Å². The molecule has 2 atom stereocenters. The van der Waals surface area contributed by atoms with E-state index in [1.807, 2.05) is 6.07 Å². The summed E-state index contributed by atoms with van der Waals surface area (Å²) in [6, 6.07) is 5.18. The first-order valence-corrected chi connectivity index (χ1v) is 12.0. The fraction of sp³-hybridized carbons (Fsp3) is 0.462. The Morgan fingerprint density at radius 3 is 2.71 bits per heavy atom. The highest BCUT2D eigenvalue weighted by Gasteiger charge is 2.35. The number of fused-ring (bicyclic) bond motifs is 3. The van der Waals surface area contributed by atoms with E-state index in [1.54, 1.807) is 13.8 Å². The molecule has 1 aromatic heterocycles. The number of nitrogens with zero attached hydrogens (tertiary/aromatic N) is 3. The Morgan fingerprint density at radius 1 is 1.23 bits per heavy atom. The number of aliphatic hydroxyl groups excluding tert-OH is 2. The van der Waals surface area contributed by atoms with Crippen molar-refractivity contribution < 1.29 is 23.4 Å². The van der Waals surface area contributed by atoms with Crippen LogP contribution in [0.25, 0.3) is 10.9 Å². The zero-order valence-corrected chi connectivity index (χ0v) is 19.8. The van der Waals surface area contributed by atoms with Crippen molar-refractivity contribution in [2.75, 3.05) is 29.9 Å². The maximum Gasteiger partial charge on any atom is 0.298 e. The van der Waals surface area contributed by atoms with E-state index in [0.29, 0.717) is 24.6 Å². The van der Waals surface area contributed by atoms with Gasteiger partial charge < -0.3 is 20.4 Å². The predicted molar refractivity (Wildman–Crippen MR) is 129 cm³/mol. The van der Waals surface area contributed by atoms with Gasteiger partial charge in [-0.2, -0.15) is 8.78 Å². The third kappa shape index (κ3) is 4.21. The molecule has 0 saturated carbocycles. The summed E-state index contributed by atoms with van der Waals surface area (Å²) in [4.78, 5) is 11.5. The molecule has 3 aromatic rings. The van der Waals surface area contributed by atoms with Gasteiger partial charge in [0.05, 0.1) is 23.2 Å². The van der Waals surface area contributed by atoms with Crippen molar-refractivity contribution in [1.29, 1.82) is 0 Å². The standard InChI is InChI=1S/C26H29F3N4O2/c1-14(17-5-4-8-21(23(17)27)26(28,29)13-34)30-25-20-11-22(33-10-9-16(35)12-33)18-6-3-7-19(18)24(20)31-15(2)32-25/h4-5,8,11,14,16,34-35H,3,6-7,9-10,12-13H2,1-2H3,(H,30,31,32)/t14-,16+/m1/s1. The monoisotopic (exact) mass is 486 g/mol. The molecule has 1 aliphatic heterocycles. The second-order valence-corrected chi connectivity index (χ2v) is 9.55. The first-order chi connectivity index (χ1) is 16.7. The van der Waals surface area contributed by atoms with Crippen LogP contribution in [0, 0.1) is 12.7 Å². The maximum atomic E-state index is 15.1. The van der Waals surface area contributed by atoms with Crippen LogP contribution >= 0.6 is 0 Å². The minimum absolute atomic E-state index is 0.0593. The molecule has 0 radical (unpaired) electrons. The van der Waals surface area contributed by atoms with Gasteiger partial charge in [0, 0.05) is 29.7 Å². The molecule has 9 heteroatoms. The molecule has 0 amide bonds. The lowest BCUT2D eigenvalue weighted by Crippen LogP contribution is -2.23. The number of rotatable bonds is 6. The molecular formula is C26H29F3N4O2. The molecule has 3 N–H and O–H groups in total. The predicted octanol–water partition coefficient (Wildman–Crippen LogP) is 4.39. The van der Waals surface area contributed by atoms with Gasteiger partial charge in [-0.1, -0.05) is 12.1 Å². The average Bonchev–Trinajstić information content (AvgIpc) is 3.48. The lowest BCUT2D eigenvalue weighted by molar-refractivity contribution is -0.0583. The Hall–Kier alpha value is -2.91. The lowest BCUT2D eigenvalue weighted by Gasteiger charge is -2.24. The number of aryl methyl sites for hydroxylation is 2. The van der Waals surface area contributed by atoms with Crippen molar-refractivity contribution in [2.24, 2.45) is 0 Å². The summed E-state index contributed by atoms with van der Waals surface area (Å²) in [5.74, 6) is -3.65. The molecular weight excluding hydrogens is 457 g/mol. The highest BCUT2D eigenvalue weighted by Crippen LogP contribution is 2.41. The van der Waals surface area contributed by atoms with E-state index in [9.17, 15) is 13.9 Å². The highest BCUT2D eigenvalue weighted by atomic mass is 19.3. The van der Waals surface area contributed by atoms with Crippen LogP contribution in [0.1, 0.15) is 53.9 Å². The van der Waals surface area contributed by atoms with Gasteiger partial charge in [-0.25, -0.2) is 14.4 Å². The summed E-state index contributed by atoms with van der Waals surface area (Å²) in [5.41, 5.74) is 3.58. The first-order valence-electron chi connectivity index (χ1n) is 12.0. The van der Waals surface area contributed by atoms with Crippen molar-refractivity contribution >= 4 is 22.4 Å². The molecule has 2 aliphatic rings. The molecule has 1 saturated heterocycles. The molecule has 0 bridgehead atoms. The van der Waals surface area contributed by atoms with Gasteiger partial charge in [0.15, 0.2) is 0 Å². The normalized spacial score (nSPS) is 18.8. The number of benzene rings is 2. The number of nitrogens with one attached hydrogen (secondary N) is 1. The van der Waals surface area contributed by atoms with Gasteiger partial charge in [0.1, 0.15) is 24.1 Å². The zero-order valence-electron chi connectivity index (χ0n) is 19.8. The van der Waals surface area contributed by atoms with Crippen LogP contribution < -0.4 is 10.2 Å². The van der Waals surface area contributed by atoms with Crippen molar-refractivity contribution in [2.45, 2.75) is 57.6 Å². The van der Waals surface area contributed by atoms with Crippen molar-refractivity contribution in [3.05, 3.63) is 58.2 Å². The van der Waals surface area contributed by atoms with Crippen molar-refractivity contribution in [3.8, 4) is 0 Å². The molecule has 2 aromatic carbocycles. The number of hydrogen-bond donors (Lipinski definition) is 3. The van der Waals surface area contributed by atoms with Crippen molar-refractivity contribution in [3.63, 3.8) is 0 Å². The number of aliphatic hydroxyl groups is 2. The van der Waals surface area contributed by atoms with E-state index in [2.05, 4.69) is 15.2 Å². The SMILES string of the molecule is Cc1nc(N[C@H](C)c2cccc(C(F)(F)CO)c2F)c2cc(N3CC[C@H](O)C3)c3c(c2n1)CCC3. The summed E-state index contributed by atoms with van der Waals surface area (Å²) in [5, 5.41) is 23.1. The van der Waals surface area contributed by atoms with E-state index in [4.69, 9.17) is 10.1 Å². The largest absolute Gasteiger partial charge is 0.391 e. The molecule has 0 spiro atoms. The summed E-state index contributed by atoms with van der Waals surface area (Å²) in [7, 11) is 0. The fourth-order valence-corrected chi connectivity index (χ4v) is 5.35. The number of anilines is 2. The minimum atomic E-state index is -3.67. The Labute approximate surface area is 201 Å². The molecule has 5 rings (SSSR count). The Bertz CT molecular complexity index is 1280. The minimum Gasteiger partial charge on any atom is -0.391 e. The average molecular weight is 487 g/mol. The van der Waals surface area contributed by atoms with E-state index in [0.717, 1.165) is 48.5 Å². The number of aromatic nitrogens is 2. The van der Waals surface area contributed by atoms with Crippen LogP contribution in [0.5, 0.6) is 0 Å². The summed E-state index contributed by atoms with van der Waals surface area (Å²) < 4.78 is 43.2. The third-order valence-corrected chi connectivity index (χ3v) is 7.10. The van der Waals surface area contributed by atoms with Crippen LogP contribution in [0.15, 0.2) is 24.3 Å². The Kier molecular flexibility index (Phi) is 6.09. The van der Waals surface area contributed by atoms with Crippen LogP contribution in [0.3, 0.4) is 0 Å². The smallest absolute Gasteiger partial charge is 0.298 e. The van der Waals surface area contributed by atoms with E-state index in [-0.39, 0.29) is 11.7 Å². The Morgan fingerprint density at radius 2 is 2.00 bits per heavy atom. The van der Waals surface area contributed by atoms with E-state index in [1.165, 1.54) is 23.3 Å². The van der Waals surface area contributed by atoms with Crippen LogP contribution in [-0.4, -0.2) is 46.0 Å². The highest BCUT2D eigenvalue weighted by molar-refractivity contribution is 5.96. The molecule has 6 nitrogen and oxygen atoms in total.